The molecule has 0 aliphatic carbocycles. The zero-order chi connectivity index (χ0) is 15.4. The summed E-state index contributed by atoms with van der Waals surface area (Å²) in [6.07, 6.45) is -0.215. The largest absolute Gasteiger partial charge is 0.488 e. The average Bonchev–Trinajstić information content (AvgIpc) is 2.48. The fourth-order valence-electron chi connectivity index (χ4n) is 2.34. The summed E-state index contributed by atoms with van der Waals surface area (Å²) < 4.78 is 19.5. The fraction of sp³-hybridized carbons (Fsp3) is 0.333. The molecular formula is C18H22FNO. The zero-order valence-electron chi connectivity index (χ0n) is 12.7. The Labute approximate surface area is 125 Å². The van der Waals surface area contributed by atoms with Gasteiger partial charge in [0.15, 0.2) is 0 Å². The Kier molecular flexibility index (Phi) is 4.97. The van der Waals surface area contributed by atoms with Gasteiger partial charge in [-0.1, -0.05) is 50.2 Å². The Morgan fingerprint density at radius 1 is 1.05 bits per heavy atom. The highest BCUT2D eigenvalue weighted by molar-refractivity contribution is 5.33. The van der Waals surface area contributed by atoms with E-state index in [1.165, 1.54) is 12.1 Å². The van der Waals surface area contributed by atoms with Crippen molar-refractivity contribution in [1.82, 2.24) is 0 Å². The standard InChI is InChI=1S/C18H22FNO/c1-12(2)18(17(20)14-7-5-4-6-8-14)21-16-11-15(19)10-9-13(16)3/h4-12,17-18H,20H2,1-3H3. The average molecular weight is 287 g/mol. The number of ether oxygens (including phenoxy) is 1. The van der Waals surface area contributed by atoms with Crippen molar-refractivity contribution in [2.45, 2.75) is 32.9 Å². The highest BCUT2D eigenvalue weighted by Gasteiger charge is 2.25. The maximum Gasteiger partial charge on any atom is 0.126 e. The van der Waals surface area contributed by atoms with E-state index in [4.69, 9.17) is 10.5 Å². The summed E-state index contributed by atoms with van der Waals surface area (Å²) in [6.45, 7) is 6.02. The Bertz CT molecular complexity index is 583. The molecule has 0 fully saturated rings. The molecule has 2 atom stereocenters. The van der Waals surface area contributed by atoms with Crippen molar-refractivity contribution in [2.75, 3.05) is 0 Å². The van der Waals surface area contributed by atoms with Crippen LogP contribution < -0.4 is 10.5 Å². The van der Waals surface area contributed by atoms with E-state index in [0.29, 0.717) is 5.75 Å². The van der Waals surface area contributed by atoms with Crippen LogP contribution in [0.4, 0.5) is 4.39 Å². The van der Waals surface area contributed by atoms with Crippen LogP contribution in [-0.4, -0.2) is 6.10 Å². The molecule has 2 aromatic carbocycles. The van der Waals surface area contributed by atoms with Gasteiger partial charge in [-0.05, 0) is 30.0 Å². The van der Waals surface area contributed by atoms with Gasteiger partial charge in [-0.25, -0.2) is 4.39 Å². The topological polar surface area (TPSA) is 35.2 Å². The molecule has 0 saturated heterocycles. The second-order valence-electron chi connectivity index (χ2n) is 5.67. The number of benzene rings is 2. The van der Waals surface area contributed by atoms with Gasteiger partial charge in [0.05, 0.1) is 6.04 Å². The summed E-state index contributed by atoms with van der Waals surface area (Å²) in [4.78, 5) is 0. The van der Waals surface area contributed by atoms with Crippen LogP contribution in [0.1, 0.15) is 31.0 Å². The summed E-state index contributed by atoms with van der Waals surface area (Å²) >= 11 is 0. The minimum absolute atomic E-state index is 0.211. The number of rotatable bonds is 5. The van der Waals surface area contributed by atoms with Crippen molar-refractivity contribution in [3.63, 3.8) is 0 Å². The monoisotopic (exact) mass is 287 g/mol. The molecule has 2 nitrogen and oxygen atoms in total. The molecule has 2 N–H and O–H groups in total. The maximum atomic E-state index is 13.4. The predicted octanol–water partition coefficient (Wildman–Crippen LogP) is 4.24. The van der Waals surface area contributed by atoms with Gasteiger partial charge in [0.2, 0.25) is 0 Å². The summed E-state index contributed by atoms with van der Waals surface area (Å²) in [7, 11) is 0. The molecule has 3 heteroatoms. The summed E-state index contributed by atoms with van der Waals surface area (Å²) in [6, 6.07) is 14.2. The Balaban J connectivity index is 2.25. The minimum Gasteiger partial charge on any atom is -0.488 e. The molecule has 0 spiro atoms. The molecule has 2 unspecified atom stereocenters. The lowest BCUT2D eigenvalue weighted by Gasteiger charge is -2.29. The van der Waals surface area contributed by atoms with Crippen LogP contribution in [0, 0.1) is 18.7 Å². The molecule has 0 amide bonds. The molecule has 2 aromatic rings. The molecule has 112 valence electrons. The first-order chi connectivity index (χ1) is 9.99. The lowest BCUT2D eigenvalue weighted by atomic mass is 9.94. The summed E-state index contributed by atoms with van der Waals surface area (Å²) in [5, 5.41) is 0. The number of aryl methyl sites for hydroxylation is 1. The van der Waals surface area contributed by atoms with Crippen molar-refractivity contribution in [1.29, 1.82) is 0 Å². The van der Waals surface area contributed by atoms with Crippen LogP contribution in [0.15, 0.2) is 48.5 Å². The molecule has 0 aliphatic heterocycles. The molecule has 2 rings (SSSR count). The molecule has 0 saturated carbocycles. The van der Waals surface area contributed by atoms with E-state index >= 15 is 0 Å². The zero-order valence-corrected chi connectivity index (χ0v) is 12.7. The van der Waals surface area contributed by atoms with Crippen LogP contribution in [0.3, 0.4) is 0 Å². The lowest BCUT2D eigenvalue weighted by molar-refractivity contribution is 0.122. The van der Waals surface area contributed by atoms with E-state index in [-0.39, 0.29) is 23.9 Å². The van der Waals surface area contributed by atoms with Crippen molar-refractivity contribution >= 4 is 0 Å². The first kappa shape index (κ1) is 15.5. The molecular weight excluding hydrogens is 265 g/mol. The van der Waals surface area contributed by atoms with Crippen LogP contribution in [0.25, 0.3) is 0 Å². The molecule has 0 aromatic heterocycles. The van der Waals surface area contributed by atoms with Gasteiger partial charge in [0.1, 0.15) is 17.7 Å². The smallest absolute Gasteiger partial charge is 0.126 e. The van der Waals surface area contributed by atoms with E-state index in [0.717, 1.165) is 11.1 Å². The molecule has 21 heavy (non-hydrogen) atoms. The van der Waals surface area contributed by atoms with Gasteiger partial charge < -0.3 is 10.5 Å². The van der Waals surface area contributed by atoms with E-state index in [2.05, 4.69) is 13.8 Å². The van der Waals surface area contributed by atoms with E-state index < -0.39 is 0 Å². The van der Waals surface area contributed by atoms with Crippen LogP contribution in [0.5, 0.6) is 5.75 Å². The number of hydrogen-bond acceptors (Lipinski definition) is 2. The first-order valence-corrected chi connectivity index (χ1v) is 7.22. The van der Waals surface area contributed by atoms with Crippen molar-refractivity contribution in [3.8, 4) is 5.75 Å². The number of nitrogens with two attached hydrogens (primary N) is 1. The highest BCUT2D eigenvalue weighted by Crippen LogP contribution is 2.27. The summed E-state index contributed by atoms with van der Waals surface area (Å²) in [5.74, 6) is 0.467. The van der Waals surface area contributed by atoms with Gasteiger partial charge >= 0.3 is 0 Å². The Morgan fingerprint density at radius 2 is 1.71 bits per heavy atom. The lowest BCUT2D eigenvalue weighted by Crippen LogP contribution is -2.36. The van der Waals surface area contributed by atoms with Gasteiger partial charge in [-0.15, -0.1) is 0 Å². The predicted molar refractivity (Wildman–Crippen MR) is 83.8 cm³/mol. The highest BCUT2D eigenvalue weighted by atomic mass is 19.1. The summed E-state index contributed by atoms with van der Waals surface area (Å²) in [5.41, 5.74) is 8.28. The van der Waals surface area contributed by atoms with Crippen molar-refractivity contribution in [2.24, 2.45) is 11.7 Å². The third kappa shape index (κ3) is 3.82. The van der Waals surface area contributed by atoms with Crippen molar-refractivity contribution < 1.29 is 9.13 Å². The Hall–Kier alpha value is -1.87. The molecule has 0 heterocycles. The van der Waals surface area contributed by atoms with Gasteiger partial charge in [-0.2, -0.15) is 0 Å². The second-order valence-corrected chi connectivity index (χ2v) is 5.67. The van der Waals surface area contributed by atoms with Crippen LogP contribution in [0.2, 0.25) is 0 Å². The van der Waals surface area contributed by atoms with E-state index in [1.807, 2.05) is 37.3 Å². The molecule has 0 radical (unpaired) electrons. The van der Waals surface area contributed by atoms with E-state index in [9.17, 15) is 4.39 Å². The first-order valence-electron chi connectivity index (χ1n) is 7.22. The third-order valence-electron chi connectivity index (χ3n) is 3.61. The number of halogens is 1. The fourth-order valence-corrected chi connectivity index (χ4v) is 2.34. The second kappa shape index (κ2) is 6.72. The van der Waals surface area contributed by atoms with Gasteiger partial charge in [0.25, 0.3) is 0 Å². The number of hydrogen-bond donors (Lipinski definition) is 1. The third-order valence-corrected chi connectivity index (χ3v) is 3.61. The van der Waals surface area contributed by atoms with Crippen molar-refractivity contribution in [3.05, 3.63) is 65.5 Å². The quantitative estimate of drug-likeness (QED) is 0.892. The normalized spacial score (nSPS) is 14.0. The van der Waals surface area contributed by atoms with Gasteiger partial charge in [0, 0.05) is 6.07 Å². The SMILES string of the molecule is Cc1ccc(F)cc1OC(C(C)C)C(N)c1ccccc1. The molecule has 0 bridgehead atoms. The minimum atomic E-state index is -0.300. The van der Waals surface area contributed by atoms with Crippen LogP contribution in [-0.2, 0) is 0 Å². The van der Waals surface area contributed by atoms with E-state index in [1.54, 1.807) is 6.07 Å². The molecule has 0 aliphatic rings. The Morgan fingerprint density at radius 3 is 2.33 bits per heavy atom. The van der Waals surface area contributed by atoms with Crippen LogP contribution >= 0.6 is 0 Å². The maximum absolute atomic E-state index is 13.4. The van der Waals surface area contributed by atoms with Gasteiger partial charge in [-0.3, -0.25) is 0 Å².